The van der Waals surface area contributed by atoms with Crippen LogP contribution in [0.2, 0.25) is 0 Å². The zero-order chi connectivity index (χ0) is 19.3. The van der Waals surface area contributed by atoms with Gasteiger partial charge in [0.05, 0.1) is 36.7 Å². The summed E-state index contributed by atoms with van der Waals surface area (Å²) in [5.74, 6) is -2.73. The molecule has 1 aliphatic heterocycles. The summed E-state index contributed by atoms with van der Waals surface area (Å²) in [7, 11) is -3.20. The molecule has 0 bridgehead atoms. The Hall–Kier alpha value is -2.72. The van der Waals surface area contributed by atoms with Crippen LogP contribution in [0.5, 0.6) is 11.5 Å². The summed E-state index contributed by atoms with van der Waals surface area (Å²) in [6.45, 7) is 0.592. The Bertz CT molecular complexity index is 1120. The van der Waals surface area contributed by atoms with Crippen molar-refractivity contribution in [1.29, 1.82) is 0 Å². The summed E-state index contributed by atoms with van der Waals surface area (Å²) in [5.41, 5.74) is 0.789. The maximum atomic E-state index is 13.6. The van der Waals surface area contributed by atoms with E-state index in [-0.39, 0.29) is 11.8 Å². The van der Waals surface area contributed by atoms with Crippen LogP contribution in [0.25, 0.3) is 16.6 Å². The predicted octanol–water partition coefficient (Wildman–Crippen LogP) is 2.03. The molecule has 0 saturated carbocycles. The first kappa shape index (κ1) is 17.7. The van der Waals surface area contributed by atoms with E-state index in [2.05, 4.69) is 5.10 Å². The summed E-state index contributed by atoms with van der Waals surface area (Å²) in [4.78, 5) is 0. The first-order chi connectivity index (χ1) is 12.7. The van der Waals surface area contributed by atoms with E-state index in [4.69, 9.17) is 4.74 Å². The van der Waals surface area contributed by atoms with E-state index in [0.29, 0.717) is 29.7 Å². The molecule has 1 N–H and O–H groups in total. The number of phenolic OH excluding ortho intramolecular Hbond substituents is 1. The van der Waals surface area contributed by atoms with Gasteiger partial charge in [0.2, 0.25) is 10.0 Å². The molecule has 7 nitrogen and oxygen atoms in total. The molecule has 0 radical (unpaired) electrons. The second-order valence-corrected chi connectivity index (χ2v) is 8.34. The minimum atomic E-state index is -3.20. The number of hydrogen-bond acceptors (Lipinski definition) is 5. The van der Waals surface area contributed by atoms with Crippen molar-refractivity contribution >= 4 is 20.9 Å². The van der Waals surface area contributed by atoms with Gasteiger partial charge in [0.25, 0.3) is 0 Å². The number of ether oxygens (including phenoxy) is 1. The molecule has 10 heteroatoms. The van der Waals surface area contributed by atoms with E-state index in [1.807, 2.05) is 0 Å². The molecule has 1 saturated heterocycles. The molecule has 3 aromatic rings. The van der Waals surface area contributed by atoms with Gasteiger partial charge in [-0.05, 0) is 18.2 Å². The number of aromatic nitrogens is 2. The Balaban J connectivity index is 1.58. The Labute approximate surface area is 153 Å². The molecule has 1 fully saturated rings. The molecule has 1 aliphatic rings. The highest BCUT2D eigenvalue weighted by atomic mass is 32.2. The Morgan fingerprint density at radius 3 is 2.63 bits per heavy atom. The third-order valence-electron chi connectivity index (χ3n) is 4.36. The summed E-state index contributed by atoms with van der Waals surface area (Å²) in [5, 5.41) is 14.3. The van der Waals surface area contributed by atoms with Crippen molar-refractivity contribution in [3.05, 3.63) is 48.2 Å². The monoisotopic (exact) mass is 395 g/mol. The molecule has 2 aromatic carbocycles. The van der Waals surface area contributed by atoms with Crippen molar-refractivity contribution in [2.24, 2.45) is 0 Å². The van der Waals surface area contributed by atoms with E-state index in [1.54, 1.807) is 18.2 Å². The fourth-order valence-electron chi connectivity index (χ4n) is 2.91. The van der Waals surface area contributed by atoms with Crippen molar-refractivity contribution in [3.8, 4) is 17.2 Å². The molecular weight excluding hydrogens is 380 g/mol. The number of aromatic hydroxyl groups is 1. The first-order valence-electron chi connectivity index (χ1n) is 8.00. The van der Waals surface area contributed by atoms with Gasteiger partial charge in [0.15, 0.2) is 17.4 Å². The van der Waals surface area contributed by atoms with Gasteiger partial charge in [0.1, 0.15) is 11.9 Å². The van der Waals surface area contributed by atoms with E-state index in [0.717, 1.165) is 18.4 Å². The van der Waals surface area contributed by atoms with Crippen LogP contribution in [0.3, 0.4) is 0 Å². The van der Waals surface area contributed by atoms with Crippen LogP contribution in [0.15, 0.2) is 36.5 Å². The molecule has 0 amide bonds. The van der Waals surface area contributed by atoms with Crippen molar-refractivity contribution in [2.75, 3.05) is 19.3 Å². The molecule has 27 heavy (non-hydrogen) atoms. The van der Waals surface area contributed by atoms with Crippen LogP contribution in [-0.4, -0.2) is 53.1 Å². The van der Waals surface area contributed by atoms with Crippen LogP contribution < -0.4 is 4.74 Å². The average Bonchev–Trinajstić information content (AvgIpc) is 2.97. The highest BCUT2D eigenvalue weighted by Gasteiger charge is 2.34. The average molecular weight is 395 g/mol. The number of halogens is 2. The number of phenols is 1. The number of fused-ring (bicyclic) bond motifs is 1. The Kier molecular flexibility index (Phi) is 4.04. The van der Waals surface area contributed by atoms with Gasteiger partial charge in [-0.2, -0.15) is 13.8 Å². The summed E-state index contributed by atoms with van der Waals surface area (Å²) >= 11 is 0. The van der Waals surface area contributed by atoms with E-state index in [9.17, 15) is 22.3 Å². The molecule has 142 valence electrons. The molecule has 2 heterocycles. The Morgan fingerprint density at radius 2 is 1.96 bits per heavy atom. The van der Waals surface area contributed by atoms with Gasteiger partial charge in [-0.1, -0.05) is 0 Å². The van der Waals surface area contributed by atoms with Gasteiger partial charge in [-0.3, -0.25) is 0 Å². The number of benzene rings is 2. The lowest BCUT2D eigenvalue weighted by atomic mass is 10.2. The van der Waals surface area contributed by atoms with Crippen LogP contribution in [0.1, 0.15) is 0 Å². The smallest absolute Gasteiger partial charge is 0.211 e. The lowest BCUT2D eigenvalue weighted by Gasteiger charge is -2.36. The molecule has 0 atom stereocenters. The van der Waals surface area contributed by atoms with Gasteiger partial charge in [-0.15, -0.1) is 0 Å². The highest BCUT2D eigenvalue weighted by molar-refractivity contribution is 7.88. The third kappa shape index (κ3) is 3.21. The van der Waals surface area contributed by atoms with Gasteiger partial charge >= 0.3 is 0 Å². The zero-order valence-corrected chi connectivity index (χ0v) is 14.9. The van der Waals surface area contributed by atoms with Gasteiger partial charge < -0.3 is 9.84 Å². The van der Waals surface area contributed by atoms with Gasteiger partial charge in [-0.25, -0.2) is 17.5 Å². The third-order valence-corrected chi connectivity index (χ3v) is 5.60. The maximum absolute atomic E-state index is 13.6. The van der Waals surface area contributed by atoms with Crippen molar-refractivity contribution in [2.45, 2.75) is 6.10 Å². The number of sulfonamides is 1. The predicted molar refractivity (Wildman–Crippen MR) is 93.5 cm³/mol. The molecule has 1 aromatic heterocycles. The van der Waals surface area contributed by atoms with E-state index < -0.39 is 27.4 Å². The minimum Gasteiger partial charge on any atom is -0.505 e. The second kappa shape index (κ2) is 6.17. The van der Waals surface area contributed by atoms with Crippen LogP contribution >= 0.6 is 0 Å². The summed E-state index contributed by atoms with van der Waals surface area (Å²) in [6, 6.07) is 7.14. The second-order valence-electron chi connectivity index (χ2n) is 6.36. The fourth-order valence-corrected chi connectivity index (χ4v) is 3.79. The number of rotatable bonds is 4. The molecular formula is C17H15F2N3O4S. The molecule has 0 unspecified atom stereocenters. The van der Waals surface area contributed by atoms with Crippen LogP contribution in [0.4, 0.5) is 8.78 Å². The Morgan fingerprint density at radius 1 is 1.22 bits per heavy atom. The lowest BCUT2D eigenvalue weighted by molar-refractivity contribution is 0.0769. The topological polar surface area (TPSA) is 84.7 Å². The molecule has 0 aliphatic carbocycles. The van der Waals surface area contributed by atoms with Gasteiger partial charge in [0, 0.05) is 17.5 Å². The first-order valence-corrected chi connectivity index (χ1v) is 9.85. The lowest BCUT2D eigenvalue weighted by Crippen LogP contribution is -2.55. The molecule has 0 spiro atoms. The van der Waals surface area contributed by atoms with E-state index >= 15 is 0 Å². The van der Waals surface area contributed by atoms with Crippen LogP contribution in [0, 0.1) is 11.6 Å². The quantitative estimate of drug-likeness (QED) is 0.731. The normalized spacial score (nSPS) is 15.8. The maximum Gasteiger partial charge on any atom is 0.211 e. The van der Waals surface area contributed by atoms with Crippen LogP contribution in [-0.2, 0) is 10.0 Å². The van der Waals surface area contributed by atoms with Crippen molar-refractivity contribution in [3.63, 3.8) is 0 Å². The highest BCUT2D eigenvalue weighted by Crippen LogP contribution is 2.28. The number of hydrogen-bond donors (Lipinski definition) is 1. The summed E-state index contributed by atoms with van der Waals surface area (Å²) in [6.07, 6.45) is 2.46. The largest absolute Gasteiger partial charge is 0.505 e. The van der Waals surface area contributed by atoms with Crippen molar-refractivity contribution in [1.82, 2.24) is 14.1 Å². The zero-order valence-electron chi connectivity index (χ0n) is 14.1. The number of nitrogens with zero attached hydrogens (tertiary/aromatic N) is 3. The fraction of sp³-hybridized carbons (Fsp3) is 0.235. The van der Waals surface area contributed by atoms with Crippen molar-refractivity contribution < 1.29 is 27.0 Å². The minimum absolute atomic E-state index is 0.179. The summed E-state index contributed by atoms with van der Waals surface area (Å²) < 4.78 is 58.0. The van der Waals surface area contributed by atoms with E-state index in [1.165, 1.54) is 15.2 Å². The molecule has 4 rings (SSSR count). The standard InChI is InChI=1S/C17H15F2N3O4S/c1-27(24,25)21-8-13(9-21)26-12-2-3-15-10(4-12)7-20-22(15)11-5-14(18)17(19)16(23)6-11/h2-7,13,23H,8-9H2,1H3. The SMILES string of the molecule is CS(=O)(=O)N1CC(Oc2ccc3c(cnn3-c3cc(O)c(F)c(F)c3)c2)C1.